The number of methoxy groups -OCH3 is 1. The molecule has 3 amide bonds. The van der Waals surface area contributed by atoms with Crippen molar-refractivity contribution >= 4 is 23.4 Å². The van der Waals surface area contributed by atoms with Crippen LogP contribution in [0.2, 0.25) is 0 Å². The highest BCUT2D eigenvalue weighted by atomic mass is 16.5. The molecule has 1 aromatic rings. The van der Waals surface area contributed by atoms with Crippen LogP contribution in [0.4, 0.5) is 5.69 Å². The lowest BCUT2D eigenvalue weighted by Gasteiger charge is -2.33. The van der Waals surface area contributed by atoms with Gasteiger partial charge >= 0.3 is 0 Å². The fourth-order valence-electron chi connectivity index (χ4n) is 4.01. The normalized spacial score (nSPS) is 21.1. The summed E-state index contributed by atoms with van der Waals surface area (Å²) in [5.41, 5.74) is 0.783. The number of nitrogens with one attached hydrogen (secondary N) is 1. The Balaban J connectivity index is 1.53. The van der Waals surface area contributed by atoms with Crippen molar-refractivity contribution in [2.24, 2.45) is 17.8 Å². The highest BCUT2D eigenvalue weighted by Gasteiger charge is 2.38. The number of nitrogens with zero attached hydrogens (tertiary/aromatic N) is 2. The van der Waals surface area contributed by atoms with E-state index in [1.54, 1.807) is 12.0 Å². The van der Waals surface area contributed by atoms with Gasteiger partial charge in [-0.15, -0.1) is 0 Å². The van der Waals surface area contributed by atoms with Crippen molar-refractivity contribution in [1.29, 1.82) is 0 Å². The summed E-state index contributed by atoms with van der Waals surface area (Å²) < 4.78 is 5.16. The van der Waals surface area contributed by atoms with E-state index in [2.05, 4.69) is 19.2 Å². The molecule has 2 atom stereocenters. The number of rotatable bonds is 6. The molecule has 1 N–H and O–H groups in total. The summed E-state index contributed by atoms with van der Waals surface area (Å²) in [5.74, 6) is 0.827. The molecule has 2 unspecified atom stereocenters. The Kier molecular flexibility index (Phi) is 7.00. The van der Waals surface area contributed by atoms with Gasteiger partial charge in [0.15, 0.2) is 0 Å². The molecule has 2 aliphatic heterocycles. The lowest BCUT2D eigenvalue weighted by molar-refractivity contribution is -0.139. The second-order valence-electron chi connectivity index (χ2n) is 8.74. The Morgan fingerprint density at radius 3 is 2.27 bits per heavy atom. The summed E-state index contributed by atoms with van der Waals surface area (Å²) in [5, 5.41) is 3.08. The molecule has 0 aliphatic carbocycles. The summed E-state index contributed by atoms with van der Waals surface area (Å²) >= 11 is 0. The van der Waals surface area contributed by atoms with Crippen molar-refractivity contribution in [3.05, 3.63) is 24.3 Å². The molecule has 0 radical (unpaired) electrons. The summed E-state index contributed by atoms with van der Waals surface area (Å²) in [6, 6.07) is 7.45. The van der Waals surface area contributed by atoms with Crippen LogP contribution in [0.25, 0.3) is 0 Å². The number of hydrogen-bond acceptors (Lipinski definition) is 4. The Labute approximate surface area is 178 Å². The van der Waals surface area contributed by atoms with Gasteiger partial charge in [0.25, 0.3) is 0 Å². The molecule has 0 spiro atoms. The third-order valence-corrected chi connectivity index (χ3v) is 6.41. The molecule has 0 bridgehead atoms. The topological polar surface area (TPSA) is 79.0 Å². The molecular weight excluding hydrogens is 382 g/mol. The number of likely N-dealkylation sites (tertiary alicyclic amines) is 1. The number of ether oxygens (including phenoxy) is 1. The standard InChI is InChI=1S/C23H33N3O4/c1-15(2)16(3)24-22(28)17-9-11-25(12-10-17)23(29)18-13-21(27)26(14-18)19-5-7-20(30-4)8-6-19/h5-8,15-18H,9-14H2,1-4H3,(H,24,28). The van der Waals surface area contributed by atoms with Crippen LogP contribution in [0.1, 0.15) is 40.0 Å². The third-order valence-electron chi connectivity index (χ3n) is 6.41. The van der Waals surface area contributed by atoms with E-state index in [9.17, 15) is 14.4 Å². The quantitative estimate of drug-likeness (QED) is 0.774. The molecule has 1 aromatic carbocycles. The van der Waals surface area contributed by atoms with Crippen LogP contribution in [-0.4, -0.2) is 55.4 Å². The van der Waals surface area contributed by atoms with Crippen molar-refractivity contribution in [3.63, 3.8) is 0 Å². The fraction of sp³-hybridized carbons (Fsp3) is 0.609. The van der Waals surface area contributed by atoms with Crippen molar-refractivity contribution in [3.8, 4) is 5.75 Å². The Bertz CT molecular complexity index is 769. The van der Waals surface area contributed by atoms with Gasteiger partial charge in [0, 0.05) is 43.7 Å². The number of carbonyl (C=O) groups excluding carboxylic acids is 3. The van der Waals surface area contributed by atoms with E-state index in [1.807, 2.05) is 36.1 Å². The lowest BCUT2D eigenvalue weighted by Crippen LogP contribution is -2.47. The maximum absolute atomic E-state index is 13.0. The van der Waals surface area contributed by atoms with Gasteiger partial charge < -0.3 is 19.9 Å². The summed E-state index contributed by atoms with van der Waals surface area (Å²) in [7, 11) is 1.60. The Morgan fingerprint density at radius 2 is 1.70 bits per heavy atom. The lowest BCUT2D eigenvalue weighted by atomic mass is 9.93. The van der Waals surface area contributed by atoms with E-state index >= 15 is 0 Å². The van der Waals surface area contributed by atoms with E-state index in [0.29, 0.717) is 38.4 Å². The van der Waals surface area contributed by atoms with Crippen LogP contribution in [0.3, 0.4) is 0 Å². The molecule has 2 saturated heterocycles. The second kappa shape index (κ2) is 9.49. The first kappa shape index (κ1) is 22.1. The van der Waals surface area contributed by atoms with E-state index in [1.165, 1.54) is 0 Å². The largest absolute Gasteiger partial charge is 0.497 e. The maximum Gasteiger partial charge on any atom is 0.228 e. The molecule has 7 heteroatoms. The first-order valence-electron chi connectivity index (χ1n) is 10.8. The molecule has 3 rings (SSSR count). The van der Waals surface area contributed by atoms with E-state index < -0.39 is 0 Å². The minimum Gasteiger partial charge on any atom is -0.497 e. The maximum atomic E-state index is 13.0. The number of piperidine rings is 1. The zero-order chi connectivity index (χ0) is 21.8. The van der Waals surface area contributed by atoms with Crippen molar-refractivity contribution in [2.75, 3.05) is 31.6 Å². The number of anilines is 1. The Hall–Kier alpha value is -2.57. The van der Waals surface area contributed by atoms with Crippen molar-refractivity contribution < 1.29 is 19.1 Å². The van der Waals surface area contributed by atoms with Gasteiger partial charge in [0.2, 0.25) is 17.7 Å². The van der Waals surface area contributed by atoms with Crippen LogP contribution in [-0.2, 0) is 14.4 Å². The molecule has 30 heavy (non-hydrogen) atoms. The zero-order valence-corrected chi connectivity index (χ0v) is 18.4. The SMILES string of the molecule is COc1ccc(N2CC(C(=O)N3CCC(C(=O)NC(C)C(C)C)CC3)CC2=O)cc1. The van der Waals surface area contributed by atoms with E-state index in [4.69, 9.17) is 4.74 Å². The van der Waals surface area contributed by atoms with Crippen LogP contribution in [0, 0.1) is 17.8 Å². The number of hydrogen-bond donors (Lipinski definition) is 1. The monoisotopic (exact) mass is 415 g/mol. The summed E-state index contributed by atoms with van der Waals surface area (Å²) in [4.78, 5) is 41.5. The molecule has 164 valence electrons. The van der Waals surface area contributed by atoms with Gasteiger partial charge in [-0.3, -0.25) is 14.4 Å². The highest BCUT2D eigenvalue weighted by molar-refractivity contribution is 6.00. The second-order valence-corrected chi connectivity index (χ2v) is 8.74. The van der Waals surface area contributed by atoms with E-state index in [0.717, 1.165) is 11.4 Å². The van der Waals surface area contributed by atoms with Crippen LogP contribution < -0.4 is 15.0 Å². The smallest absolute Gasteiger partial charge is 0.228 e. The van der Waals surface area contributed by atoms with Crippen molar-refractivity contribution in [1.82, 2.24) is 10.2 Å². The van der Waals surface area contributed by atoms with Gasteiger partial charge in [-0.1, -0.05) is 13.8 Å². The summed E-state index contributed by atoms with van der Waals surface area (Å²) in [6.07, 6.45) is 1.58. The molecule has 2 fully saturated rings. The van der Waals surface area contributed by atoms with Gasteiger partial charge in [0.1, 0.15) is 5.75 Å². The fourth-order valence-corrected chi connectivity index (χ4v) is 4.01. The van der Waals surface area contributed by atoms with E-state index in [-0.39, 0.29) is 42.0 Å². The van der Waals surface area contributed by atoms with Gasteiger partial charge in [-0.05, 0) is 49.9 Å². The zero-order valence-electron chi connectivity index (χ0n) is 18.4. The first-order chi connectivity index (χ1) is 14.3. The molecule has 2 heterocycles. The van der Waals surface area contributed by atoms with Gasteiger partial charge in [-0.2, -0.15) is 0 Å². The highest BCUT2D eigenvalue weighted by Crippen LogP contribution is 2.29. The molecule has 0 saturated carbocycles. The number of benzene rings is 1. The van der Waals surface area contributed by atoms with Crippen LogP contribution in [0.5, 0.6) is 5.75 Å². The minimum atomic E-state index is -0.328. The van der Waals surface area contributed by atoms with Gasteiger partial charge in [0.05, 0.1) is 13.0 Å². The predicted octanol–water partition coefficient (Wildman–Crippen LogP) is 2.45. The Morgan fingerprint density at radius 1 is 1.07 bits per heavy atom. The number of amides is 3. The van der Waals surface area contributed by atoms with Crippen LogP contribution in [0.15, 0.2) is 24.3 Å². The van der Waals surface area contributed by atoms with Crippen molar-refractivity contribution in [2.45, 2.75) is 46.1 Å². The molecule has 0 aromatic heterocycles. The van der Waals surface area contributed by atoms with Crippen LogP contribution >= 0.6 is 0 Å². The summed E-state index contributed by atoms with van der Waals surface area (Å²) in [6.45, 7) is 7.73. The third kappa shape index (κ3) is 4.94. The average Bonchev–Trinajstić information content (AvgIpc) is 3.14. The average molecular weight is 416 g/mol. The first-order valence-corrected chi connectivity index (χ1v) is 10.8. The molecule has 7 nitrogen and oxygen atoms in total. The number of carbonyl (C=O) groups is 3. The van der Waals surface area contributed by atoms with Gasteiger partial charge in [-0.25, -0.2) is 0 Å². The predicted molar refractivity (Wildman–Crippen MR) is 115 cm³/mol. The molecule has 2 aliphatic rings. The minimum absolute atomic E-state index is 0.0220. The molecular formula is C23H33N3O4.